The van der Waals surface area contributed by atoms with E-state index in [1.165, 1.54) is 5.56 Å². The Morgan fingerprint density at radius 2 is 2.00 bits per heavy atom. The monoisotopic (exact) mass is 393 g/mol. The molecule has 0 saturated carbocycles. The molecule has 2 heterocycles. The van der Waals surface area contributed by atoms with Crippen molar-refractivity contribution in [2.24, 2.45) is 0 Å². The van der Waals surface area contributed by atoms with Gasteiger partial charge >= 0.3 is 0 Å². The summed E-state index contributed by atoms with van der Waals surface area (Å²) in [6, 6.07) is 7.38. The largest absolute Gasteiger partial charge is 0.455 e. The zero-order valence-electron chi connectivity index (χ0n) is 14.3. The fourth-order valence-corrected chi connectivity index (χ4v) is 7.61. The fraction of sp³-hybridized carbons (Fsp3) is 0.421. The molecule has 0 unspecified atom stereocenters. The normalized spacial score (nSPS) is 18.4. The summed E-state index contributed by atoms with van der Waals surface area (Å²) in [5.74, 6) is 3.65. The number of carbonyl (C=O) groups is 1. The van der Waals surface area contributed by atoms with Gasteiger partial charge in [-0.15, -0.1) is 23.5 Å². The molecule has 0 radical (unpaired) electrons. The van der Waals surface area contributed by atoms with Crippen molar-refractivity contribution in [2.75, 3.05) is 23.5 Å². The van der Waals surface area contributed by atoms with Gasteiger partial charge in [-0.2, -0.15) is 0 Å². The van der Waals surface area contributed by atoms with Crippen LogP contribution in [-0.2, 0) is 10.5 Å². The standard InChI is InChI=1S/C19H20ClNO2S2/c1-12-16-15(8-5-9-19(16)24-10-11-25-19)23-17(12)18(22)21(2)14-7-4-3-6-13(14)20/h3-4,6-7H,5,8-11H2,1-2H3. The molecule has 0 N–H and O–H groups in total. The van der Waals surface area contributed by atoms with Gasteiger partial charge in [0.1, 0.15) is 5.76 Å². The third-order valence-electron chi connectivity index (χ3n) is 4.98. The number of hydrogen-bond donors (Lipinski definition) is 0. The van der Waals surface area contributed by atoms with Gasteiger partial charge in [0.05, 0.1) is 14.8 Å². The Balaban J connectivity index is 1.74. The molecule has 0 bridgehead atoms. The second-order valence-corrected chi connectivity index (χ2v) is 9.93. The van der Waals surface area contributed by atoms with Gasteiger partial charge in [0.25, 0.3) is 5.91 Å². The minimum atomic E-state index is -0.136. The first-order chi connectivity index (χ1) is 12.0. The molecule has 25 heavy (non-hydrogen) atoms. The van der Waals surface area contributed by atoms with Crippen LogP contribution in [0.4, 0.5) is 5.69 Å². The molecule has 2 aromatic rings. The fourth-order valence-electron chi connectivity index (χ4n) is 3.79. The summed E-state index contributed by atoms with van der Waals surface area (Å²) in [5, 5.41) is 0.561. The van der Waals surface area contributed by atoms with E-state index in [1.54, 1.807) is 18.0 Å². The molecule has 1 aromatic heterocycles. The highest BCUT2D eigenvalue weighted by Crippen LogP contribution is 2.59. The van der Waals surface area contributed by atoms with Crippen molar-refractivity contribution in [1.82, 2.24) is 0 Å². The molecule has 1 aliphatic carbocycles. The van der Waals surface area contributed by atoms with Gasteiger partial charge in [-0.1, -0.05) is 23.7 Å². The summed E-state index contributed by atoms with van der Waals surface area (Å²) < 4.78 is 6.19. The third-order valence-corrected chi connectivity index (χ3v) is 8.83. The molecular formula is C19H20ClNO2S2. The highest BCUT2D eigenvalue weighted by atomic mass is 35.5. The van der Waals surface area contributed by atoms with Crippen LogP contribution < -0.4 is 4.90 Å². The topological polar surface area (TPSA) is 33.5 Å². The van der Waals surface area contributed by atoms with Gasteiger partial charge in [0.2, 0.25) is 0 Å². The summed E-state index contributed by atoms with van der Waals surface area (Å²) in [6.07, 6.45) is 3.19. The molecule has 6 heteroatoms. The first-order valence-electron chi connectivity index (χ1n) is 8.47. The second kappa shape index (κ2) is 6.60. The lowest BCUT2D eigenvalue weighted by Crippen LogP contribution is -2.27. The number of carbonyl (C=O) groups excluding carboxylic acids is 1. The van der Waals surface area contributed by atoms with Crippen LogP contribution in [0.2, 0.25) is 5.02 Å². The van der Waals surface area contributed by atoms with Crippen LogP contribution in [0.1, 0.15) is 40.3 Å². The van der Waals surface area contributed by atoms with E-state index in [1.807, 2.05) is 48.6 Å². The number of rotatable bonds is 2. The van der Waals surface area contributed by atoms with E-state index in [2.05, 4.69) is 0 Å². The molecule has 1 aromatic carbocycles. The second-order valence-electron chi connectivity index (χ2n) is 6.47. The Labute approximate surface area is 161 Å². The molecular weight excluding hydrogens is 374 g/mol. The van der Waals surface area contributed by atoms with Crippen LogP contribution in [0.5, 0.6) is 0 Å². The SMILES string of the molecule is Cc1c(C(=O)N(C)c2ccccc2Cl)oc2c1C1(CCC2)SCCS1. The number of halogens is 1. The van der Waals surface area contributed by atoms with Crippen LogP contribution in [0.25, 0.3) is 0 Å². The van der Waals surface area contributed by atoms with Crippen molar-refractivity contribution in [1.29, 1.82) is 0 Å². The molecule has 1 saturated heterocycles. The number of amides is 1. The predicted molar refractivity (Wildman–Crippen MR) is 107 cm³/mol. The summed E-state index contributed by atoms with van der Waals surface area (Å²) >= 11 is 10.3. The van der Waals surface area contributed by atoms with Gasteiger partial charge in [-0.05, 0) is 31.9 Å². The summed E-state index contributed by atoms with van der Waals surface area (Å²) in [4.78, 5) is 14.7. The van der Waals surface area contributed by atoms with Crippen LogP contribution in [0, 0.1) is 6.92 Å². The lowest BCUT2D eigenvalue weighted by molar-refractivity contribution is 0.0964. The summed E-state index contributed by atoms with van der Waals surface area (Å²) in [7, 11) is 1.75. The molecule has 4 rings (SSSR count). The number of benzene rings is 1. The zero-order chi connectivity index (χ0) is 17.6. The van der Waals surface area contributed by atoms with Crippen molar-refractivity contribution in [2.45, 2.75) is 30.3 Å². The Kier molecular flexibility index (Phi) is 4.59. The Morgan fingerprint density at radius 3 is 2.72 bits per heavy atom. The van der Waals surface area contributed by atoms with E-state index in [-0.39, 0.29) is 9.99 Å². The summed E-state index contributed by atoms with van der Waals surface area (Å²) in [5.41, 5.74) is 2.96. The Hall–Kier alpha value is -1.04. The molecule has 0 atom stereocenters. The van der Waals surface area contributed by atoms with Crippen LogP contribution in [0.15, 0.2) is 28.7 Å². The van der Waals surface area contributed by atoms with Gasteiger partial charge in [0, 0.05) is 36.1 Å². The maximum atomic E-state index is 13.1. The number of hydrogen-bond acceptors (Lipinski definition) is 4. The van der Waals surface area contributed by atoms with Gasteiger partial charge in [0.15, 0.2) is 5.76 Å². The van der Waals surface area contributed by atoms with E-state index in [9.17, 15) is 4.79 Å². The van der Waals surface area contributed by atoms with Crippen molar-refractivity contribution in [3.8, 4) is 0 Å². The predicted octanol–water partition coefficient (Wildman–Crippen LogP) is 5.49. The van der Waals surface area contributed by atoms with Crippen LogP contribution in [0.3, 0.4) is 0 Å². The number of fused-ring (bicyclic) bond motifs is 2. The minimum absolute atomic E-state index is 0.0860. The molecule has 1 amide bonds. The first-order valence-corrected chi connectivity index (χ1v) is 10.8. The lowest BCUT2D eigenvalue weighted by Gasteiger charge is -2.31. The smallest absolute Gasteiger partial charge is 0.294 e. The lowest BCUT2D eigenvalue weighted by atomic mass is 9.94. The molecule has 1 aliphatic heterocycles. The number of anilines is 1. The van der Waals surface area contributed by atoms with E-state index < -0.39 is 0 Å². The Bertz CT molecular complexity index is 827. The average molecular weight is 394 g/mol. The number of para-hydroxylation sites is 1. The number of aryl methyl sites for hydroxylation is 1. The van der Waals surface area contributed by atoms with Gasteiger partial charge in [-0.25, -0.2) is 0 Å². The third kappa shape index (κ3) is 2.81. The van der Waals surface area contributed by atoms with Crippen LogP contribution in [-0.4, -0.2) is 24.5 Å². The number of nitrogens with zero attached hydrogens (tertiary/aromatic N) is 1. The van der Waals surface area contributed by atoms with Crippen molar-refractivity contribution < 1.29 is 9.21 Å². The zero-order valence-corrected chi connectivity index (χ0v) is 16.7. The maximum Gasteiger partial charge on any atom is 0.294 e. The minimum Gasteiger partial charge on any atom is -0.455 e. The maximum absolute atomic E-state index is 13.1. The molecule has 1 spiro atoms. The van der Waals surface area contributed by atoms with Gasteiger partial charge in [-0.3, -0.25) is 4.79 Å². The number of furan rings is 1. The van der Waals surface area contributed by atoms with Crippen molar-refractivity contribution in [3.05, 3.63) is 51.9 Å². The number of thioether (sulfide) groups is 2. The summed E-state index contributed by atoms with van der Waals surface area (Å²) in [6.45, 7) is 2.03. The van der Waals surface area contributed by atoms with E-state index in [0.29, 0.717) is 16.5 Å². The molecule has 3 nitrogen and oxygen atoms in total. The highest BCUT2D eigenvalue weighted by molar-refractivity contribution is 8.20. The van der Waals surface area contributed by atoms with E-state index >= 15 is 0 Å². The average Bonchev–Trinajstić information content (AvgIpc) is 3.20. The van der Waals surface area contributed by atoms with Crippen molar-refractivity contribution in [3.63, 3.8) is 0 Å². The quantitative estimate of drug-likeness (QED) is 0.675. The van der Waals surface area contributed by atoms with E-state index in [4.69, 9.17) is 16.0 Å². The Morgan fingerprint density at radius 1 is 1.28 bits per heavy atom. The van der Waals surface area contributed by atoms with Crippen LogP contribution >= 0.6 is 35.1 Å². The molecule has 1 fully saturated rings. The molecule has 132 valence electrons. The van der Waals surface area contributed by atoms with Gasteiger partial charge < -0.3 is 9.32 Å². The van der Waals surface area contributed by atoms with E-state index in [0.717, 1.165) is 42.1 Å². The highest BCUT2D eigenvalue weighted by Gasteiger charge is 2.45. The van der Waals surface area contributed by atoms with Crippen molar-refractivity contribution >= 4 is 46.7 Å². The molecule has 2 aliphatic rings. The first kappa shape index (κ1) is 17.4.